The Bertz CT molecular complexity index is 1430. The highest BCUT2D eigenvalue weighted by molar-refractivity contribution is 5.94. The minimum absolute atomic E-state index is 0.256. The van der Waals surface area contributed by atoms with Crippen molar-refractivity contribution in [2.45, 2.75) is 43.8 Å². The second-order valence-electron chi connectivity index (χ2n) is 10.2. The van der Waals surface area contributed by atoms with Gasteiger partial charge in [-0.3, -0.25) is 10.00 Å². The highest BCUT2D eigenvalue weighted by Gasteiger charge is 2.42. The lowest BCUT2D eigenvalue weighted by atomic mass is 9.75. The molecule has 1 aromatic carbocycles. The molecule has 0 aliphatic carbocycles. The molecule has 3 aromatic heterocycles. The normalized spacial score (nSPS) is 18.8. The van der Waals surface area contributed by atoms with Crippen molar-refractivity contribution in [1.82, 2.24) is 34.8 Å². The van der Waals surface area contributed by atoms with E-state index in [9.17, 15) is 13.2 Å². The van der Waals surface area contributed by atoms with Crippen LogP contribution >= 0.6 is 0 Å². The number of nitrogens with one attached hydrogen (secondary N) is 1. The zero-order valence-electron chi connectivity index (χ0n) is 20.7. The second-order valence-corrected chi connectivity index (χ2v) is 10.2. The first-order chi connectivity index (χ1) is 17.7. The third kappa shape index (κ3) is 4.19. The second kappa shape index (κ2) is 8.91. The number of hydrogen-bond donors (Lipinski definition) is 1. The molecule has 8 nitrogen and oxygen atoms in total. The zero-order chi connectivity index (χ0) is 25.8. The molecule has 0 radical (unpaired) electrons. The Kier molecular flexibility index (Phi) is 5.79. The number of aromatic nitrogens is 6. The number of fused-ring (bicyclic) bond motifs is 1. The molecule has 0 amide bonds. The van der Waals surface area contributed by atoms with Crippen LogP contribution in [0.5, 0.6) is 0 Å². The van der Waals surface area contributed by atoms with E-state index in [1.165, 1.54) is 0 Å². The van der Waals surface area contributed by atoms with Crippen molar-refractivity contribution in [2.24, 2.45) is 7.05 Å². The van der Waals surface area contributed by atoms with Crippen molar-refractivity contribution < 1.29 is 17.9 Å². The van der Waals surface area contributed by atoms with Gasteiger partial charge in [-0.25, -0.2) is 4.98 Å². The van der Waals surface area contributed by atoms with Crippen LogP contribution < -0.4 is 0 Å². The molecule has 0 bridgehead atoms. The summed E-state index contributed by atoms with van der Waals surface area (Å²) in [6, 6.07) is 8.69. The molecular weight excluding hydrogens is 483 g/mol. The summed E-state index contributed by atoms with van der Waals surface area (Å²) in [5, 5.41) is 16.2. The van der Waals surface area contributed by atoms with Crippen LogP contribution in [-0.4, -0.2) is 61.1 Å². The molecule has 5 heterocycles. The predicted molar refractivity (Wildman–Crippen MR) is 131 cm³/mol. The van der Waals surface area contributed by atoms with E-state index in [0.29, 0.717) is 41.9 Å². The molecule has 0 spiro atoms. The average Bonchev–Trinajstić information content (AvgIpc) is 3.61. The minimum Gasteiger partial charge on any atom is -0.379 e. The number of halogens is 3. The lowest BCUT2D eigenvalue weighted by Crippen LogP contribution is -2.49. The van der Waals surface area contributed by atoms with Crippen LogP contribution in [-0.2, 0) is 29.8 Å². The van der Waals surface area contributed by atoms with Crippen LogP contribution in [0.1, 0.15) is 48.6 Å². The van der Waals surface area contributed by atoms with E-state index < -0.39 is 11.9 Å². The van der Waals surface area contributed by atoms with Gasteiger partial charge in [0.25, 0.3) is 0 Å². The summed E-state index contributed by atoms with van der Waals surface area (Å²) < 4.78 is 49.3. The van der Waals surface area contributed by atoms with E-state index in [0.717, 1.165) is 48.9 Å². The largest absolute Gasteiger partial charge is 0.433 e. The zero-order valence-corrected chi connectivity index (χ0v) is 20.7. The first kappa shape index (κ1) is 24.1. The average molecular weight is 512 g/mol. The van der Waals surface area contributed by atoms with Gasteiger partial charge < -0.3 is 9.30 Å². The fourth-order valence-corrected chi connectivity index (χ4v) is 5.50. The van der Waals surface area contributed by atoms with Gasteiger partial charge in [0.2, 0.25) is 0 Å². The topological polar surface area (TPSA) is 84.7 Å². The van der Waals surface area contributed by atoms with Gasteiger partial charge in [-0.2, -0.15) is 18.3 Å². The SMILES string of the molecule is CC(c1nc(C(F)(F)F)cc2c(-c3cccc(C4(Cc5nncn5C)COC4)c3)n[nH]c12)N1CCCC1. The number of likely N-dealkylation sites (tertiary alicyclic amines) is 1. The maximum atomic E-state index is 13.9. The molecule has 2 saturated heterocycles. The number of ether oxygens (including phenoxy) is 1. The monoisotopic (exact) mass is 511 g/mol. The Hall–Kier alpha value is -3.31. The summed E-state index contributed by atoms with van der Waals surface area (Å²) in [5.41, 5.74) is 2.01. The van der Waals surface area contributed by atoms with Gasteiger partial charge in [0.15, 0.2) is 0 Å². The van der Waals surface area contributed by atoms with Gasteiger partial charge in [-0.15, -0.1) is 10.2 Å². The molecule has 1 N–H and O–H groups in total. The first-order valence-electron chi connectivity index (χ1n) is 12.5. The molecule has 4 aromatic rings. The number of H-pyrrole nitrogens is 1. The highest BCUT2D eigenvalue weighted by Crippen LogP contribution is 2.40. The van der Waals surface area contributed by atoms with Gasteiger partial charge >= 0.3 is 6.18 Å². The third-order valence-electron chi connectivity index (χ3n) is 7.76. The van der Waals surface area contributed by atoms with Gasteiger partial charge in [0.1, 0.15) is 23.5 Å². The van der Waals surface area contributed by atoms with E-state index in [2.05, 4.69) is 30.3 Å². The van der Waals surface area contributed by atoms with E-state index in [-0.39, 0.29) is 11.5 Å². The molecule has 0 saturated carbocycles. The summed E-state index contributed by atoms with van der Waals surface area (Å²) in [7, 11) is 1.90. The van der Waals surface area contributed by atoms with Gasteiger partial charge in [0, 0.05) is 29.8 Å². The number of rotatable bonds is 6. The van der Waals surface area contributed by atoms with E-state index in [1.807, 2.05) is 42.8 Å². The number of aryl methyl sites for hydroxylation is 1. The summed E-state index contributed by atoms with van der Waals surface area (Å²) >= 11 is 0. The summed E-state index contributed by atoms with van der Waals surface area (Å²) in [6.45, 7) is 4.67. The third-order valence-corrected chi connectivity index (χ3v) is 7.76. The lowest BCUT2D eigenvalue weighted by Gasteiger charge is -2.41. The van der Waals surface area contributed by atoms with Crippen molar-refractivity contribution >= 4 is 10.9 Å². The fraction of sp³-hybridized carbons (Fsp3) is 0.462. The molecule has 2 aliphatic heterocycles. The first-order valence-corrected chi connectivity index (χ1v) is 12.5. The van der Waals surface area contributed by atoms with Crippen molar-refractivity contribution in [3.8, 4) is 11.3 Å². The minimum atomic E-state index is -4.56. The van der Waals surface area contributed by atoms with Gasteiger partial charge in [0.05, 0.1) is 30.5 Å². The van der Waals surface area contributed by atoms with E-state index in [4.69, 9.17) is 4.74 Å². The molecule has 6 rings (SSSR count). The number of benzene rings is 1. The van der Waals surface area contributed by atoms with E-state index in [1.54, 1.807) is 6.33 Å². The Balaban J connectivity index is 1.44. The van der Waals surface area contributed by atoms with Gasteiger partial charge in [-0.1, -0.05) is 18.2 Å². The summed E-state index contributed by atoms with van der Waals surface area (Å²) in [5.74, 6) is 0.848. The van der Waals surface area contributed by atoms with Crippen LogP contribution in [0.3, 0.4) is 0 Å². The van der Waals surface area contributed by atoms with Crippen LogP contribution in [0, 0.1) is 0 Å². The van der Waals surface area contributed by atoms with Crippen LogP contribution in [0.25, 0.3) is 22.2 Å². The molecule has 1 unspecified atom stereocenters. The fourth-order valence-electron chi connectivity index (χ4n) is 5.50. The number of aromatic amines is 1. The Morgan fingerprint density at radius 1 is 1.16 bits per heavy atom. The molecule has 2 aliphatic rings. The van der Waals surface area contributed by atoms with Crippen molar-refractivity contribution in [1.29, 1.82) is 0 Å². The quantitative estimate of drug-likeness (QED) is 0.412. The van der Waals surface area contributed by atoms with Crippen LogP contribution in [0.2, 0.25) is 0 Å². The van der Waals surface area contributed by atoms with Crippen LogP contribution in [0.15, 0.2) is 36.7 Å². The highest BCUT2D eigenvalue weighted by atomic mass is 19.4. The standard InChI is InChI=1S/C26H28F3N7O/c1-16(36-8-3-4-9-36)22-24-19(11-20(31-22)26(27,28)29)23(33-34-24)17-6-5-7-18(10-17)25(13-37-14-25)12-21-32-30-15-35(21)2/h5-7,10-11,15-16H,3-4,8-9,12-14H2,1-2H3,(H,33,34). The van der Waals surface area contributed by atoms with Crippen molar-refractivity contribution in [3.63, 3.8) is 0 Å². The molecule has 2 fully saturated rings. The predicted octanol–water partition coefficient (Wildman–Crippen LogP) is 4.44. The maximum absolute atomic E-state index is 13.9. The van der Waals surface area contributed by atoms with E-state index >= 15 is 0 Å². The Morgan fingerprint density at radius 2 is 1.95 bits per heavy atom. The molecule has 11 heteroatoms. The maximum Gasteiger partial charge on any atom is 0.433 e. The molecule has 1 atom stereocenters. The Morgan fingerprint density at radius 3 is 2.59 bits per heavy atom. The summed E-state index contributed by atoms with van der Waals surface area (Å²) in [6.07, 6.45) is -0.177. The molecule has 194 valence electrons. The molecular formula is C26H28F3N7O. The van der Waals surface area contributed by atoms with Crippen molar-refractivity contribution in [2.75, 3.05) is 26.3 Å². The van der Waals surface area contributed by atoms with Gasteiger partial charge in [-0.05, 0) is 50.6 Å². The number of alkyl halides is 3. The summed E-state index contributed by atoms with van der Waals surface area (Å²) in [4.78, 5) is 6.26. The molecule has 37 heavy (non-hydrogen) atoms. The van der Waals surface area contributed by atoms with Crippen molar-refractivity contribution in [3.05, 3.63) is 59.4 Å². The number of hydrogen-bond acceptors (Lipinski definition) is 6. The smallest absolute Gasteiger partial charge is 0.379 e. The number of nitrogens with zero attached hydrogens (tertiary/aromatic N) is 6. The van der Waals surface area contributed by atoms with Crippen LogP contribution in [0.4, 0.5) is 13.2 Å². The Labute approximate surface area is 211 Å². The number of pyridine rings is 1. The lowest BCUT2D eigenvalue weighted by molar-refractivity contribution is -0.141.